The fraction of sp³-hybridized carbons (Fsp3) is 0.133. The zero-order valence-corrected chi connectivity index (χ0v) is 13.9. The minimum atomic E-state index is -1.17. The molecule has 6 nitrogen and oxygen atoms in total. The molecule has 0 saturated carbocycles. The van der Waals surface area contributed by atoms with Crippen LogP contribution in [0.25, 0.3) is 0 Å². The Kier molecular flexibility index (Phi) is 5.53. The molecule has 1 heterocycles. The maximum atomic E-state index is 13.0. The number of carbonyl (C=O) groups is 3. The van der Waals surface area contributed by atoms with E-state index in [0.717, 1.165) is 29.5 Å². The summed E-state index contributed by atoms with van der Waals surface area (Å²) in [5, 5.41) is 4.18. The van der Waals surface area contributed by atoms with Crippen molar-refractivity contribution in [2.24, 2.45) is 5.73 Å². The maximum absolute atomic E-state index is 13.0. The lowest BCUT2D eigenvalue weighted by atomic mass is 10.2. The molecule has 1 aromatic heterocycles. The van der Waals surface area contributed by atoms with Gasteiger partial charge in [0.25, 0.3) is 11.8 Å². The first-order valence-electron chi connectivity index (χ1n) is 6.63. The van der Waals surface area contributed by atoms with Crippen LogP contribution in [-0.2, 0) is 9.53 Å². The van der Waals surface area contributed by atoms with Crippen LogP contribution >= 0.6 is 22.9 Å². The van der Waals surface area contributed by atoms with Crippen molar-refractivity contribution >= 4 is 45.7 Å². The number of rotatable bonds is 5. The van der Waals surface area contributed by atoms with Crippen molar-refractivity contribution in [1.29, 1.82) is 0 Å². The van der Waals surface area contributed by atoms with Gasteiger partial charge >= 0.3 is 5.97 Å². The molecule has 0 aliphatic rings. The zero-order chi connectivity index (χ0) is 17.9. The van der Waals surface area contributed by atoms with Gasteiger partial charge in [-0.25, -0.2) is 9.18 Å². The van der Waals surface area contributed by atoms with Crippen molar-refractivity contribution in [2.45, 2.75) is 13.0 Å². The van der Waals surface area contributed by atoms with Crippen LogP contribution in [-0.4, -0.2) is 23.9 Å². The number of benzene rings is 1. The molecule has 0 aliphatic heterocycles. The minimum absolute atomic E-state index is 0.0633. The molecule has 2 rings (SSSR count). The molecule has 1 atom stereocenters. The van der Waals surface area contributed by atoms with E-state index in [4.69, 9.17) is 22.1 Å². The van der Waals surface area contributed by atoms with Crippen LogP contribution in [0.3, 0.4) is 0 Å². The molecule has 3 N–H and O–H groups in total. The fourth-order valence-corrected chi connectivity index (χ4v) is 2.79. The van der Waals surface area contributed by atoms with Gasteiger partial charge in [0.05, 0.1) is 16.1 Å². The van der Waals surface area contributed by atoms with Gasteiger partial charge in [-0.3, -0.25) is 9.59 Å². The Balaban J connectivity index is 2.04. The number of thiophene rings is 1. The lowest BCUT2D eigenvalue weighted by molar-refractivity contribution is -0.123. The van der Waals surface area contributed by atoms with Gasteiger partial charge in [0.1, 0.15) is 10.8 Å². The molecule has 126 valence electrons. The van der Waals surface area contributed by atoms with E-state index < -0.39 is 29.7 Å². The fourth-order valence-electron chi connectivity index (χ4n) is 1.75. The Morgan fingerprint density at radius 1 is 1.29 bits per heavy atom. The van der Waals surface area contributed by atoms with E-state index in [1.165, 1.54) is 13.0 Å². The summed E-state index contributed by atoms with van der Waals surface area (Å²) in [6, 6.07) is 4.65. The highest BCUT2D eigenvalue weighted by molar-refractivity contribution is 7.14. The van der Waals surface area contributed by atoms with E-state index in [0.29, 0.717) is 0 Å². The molecule has 2 aromatic rings. The molecule has 0 aliphatic carbocycles. The molecule has 0 spiro atoms. The van der Waals surface area contributed by atoms with E-state index in [-0.39, 0.29) is 21.2 Å². The number of hydrogen-bond acceptors (Lipinski definition) is 5. The predicted molar refractivity (Wildman–Crippen MR) is 87.8 cm³/mol. The third-order valence-electron chi connectivity index (χ3n) is 2.97. The second-order valence-corrected chi connectivity index (χ2v) is 6.01. The second kappa shape index (κ2) is 7.41. The first-order valence-corrected chi connectivity index (χ1v) is 7.89. The van der Waals surface area contributed by atoms with Crippen LogP contribution in [0, 0.1) is 5.82 Å². The smallest absolute Gasteiger partial charge is 0.340 e. The molecular formula is C15H12ClFN2O4S. The maximum Gasteiger partial charge on any atom is 0.340 e. The van der Waals surface area contributed by atoms with Crippen LogP contribution < -0.4 is 11.1 Å². The third kappa shape index (κ3) is 4.09. The van der Waals surface area contributed by atoms with Gasteiger partial charge in [-0.05, 0) is 36.6 Å². The summed E-state index contributed by atoms with van der Waals surface area (Å²) >= 11 is 6.87. The van der Waals surface area contributed by atoms with Crippen molar-refractivity contribution in [2.75, 3.05) is 5.32 Å². The minimum Gasteiger partial charge on any atom is -0.449 e. The second-order valence-electron chi connectivity index (χ2n) is 4.69. The van der Waals surface area contributed by atoms with Crippen molar-refractivity contribution < 1.29 is 23.5 Å². The average Bonchev–Trinajstić information content (AvgIpc) is 2.95. The summed E-state index contributed by atoms with van der Waals surface area (Å²) in [7, 11) is 0. The summed E-state index contributed by atoms with van der Waals surface area (Å²) in [6.07, 6.45) is -1.17. The van der Waals surface area contributed by atoms with Gasteiger partial charge in [-0.15, -0.1) is 11.3 Å². The number of nitrogens with one attached hydrogen (secondary N) is 1. The first-order chi connectivity index (χ1) is 11.3. The number of primary amides is 1. The summed E-state index contributed by atoms with van der Waals surface area (Å²) in [5.41, 5.74) is 5.28. The number of esters is 1. The Bertz CT molecular complexity index is 809. The van der Waals surface area contributed by atoms with E-state index in [9.17, 15) is 18.8 Å². The normalized spacial score (nSPS) is 11.6. The summed E-state index contributed by atoms with van der Waals surface area (Å²) in [6.45, 7) is 1.35. The van der Waals surface area contributed by atoms with Crippen LogP contribution in [0.5, 0.6) is 0 Å². The number of halogens is 2. The van der Waals surface area contributed by atoms with Gasteiger partial charge in [0, 0.05) is 0 Å². The van der Waals surface area contributed by atoms with Gasteiger partial charge in [0.15, 0.2) is 6.10 Å². The van der Waals surface area contributed by atoms with E-state index in [1.54, 1.807) is 5.38 Å². The summed E-state index contributed by atoms with van der Waals surface area (Å²) in [5.74, 6) is -2.80. The molecule has 0 fully saturated rings. The van der Waals surface area contributed by atoms with E-state index in [2.05, 4.69) is 5.32 Å². The first kappa shape index (κ1) is 17.9. The molecule has 0 bridgehead atoms. The molecule has 2 amide bonds. The molecule has 0 radical (unpaired) electrons. The number of nitrogens with two attached hydrogens (primary N) is 1. The number of amides is 2. The predicted octanol–water partition coefficient (Wildman–Crippen LogP) is 2.82. The average molecular weight is 371 g/mol. The molecule has 24 heavy (non-hydrogen) atoms. The van der Waals surface area contributed by atoms with Gasteiger partial charge < -0.3 is 15.8 Å². The van der Waals surface area contributed by atoms with Crippen molar-refractivity contribution in [1.82, 2.24) is 0 Å². The summed E-state index contributed by atoms with van der Waals surface area (Å²) < 4.78 is 18.0. The number of ether oxygens (including phenoxy) is 1. The zero-order valence-electron chi connectivity index (χ0n) is 12.3. The van der Waals surface area contributed by atoms with Crippen LogP contribution in [0.15, 0.2) is 29.6 Å². The Morgan fingerprint density at radius 2 is 2.00 bits per heavy atom. The van der Waals surface area contributed by atoms with Crippen LogP contribution in [0.4, 0.5) is 9.39 Å². The monoisotopic (exact) mass is 370 g/mol. The lowest BCUT2D eigenvalue weighted by Gasteiger charge is -2.14. The Hall–Kier alpha value is -2.45. The molecule has 1 aromatic carbocycles. The molecular weight excluding hydrogens is 359 g/mol. The van der Waals surface area contributed by atoms with E-state index >= 15 is 0 Å². The Morgan fingerprint density at radius 3 is 2.62 bits per heavy atom. The number of anilines is 1. The summed E-state index contributed by atoms with van der Waals surface area (Å²) in [4.78, 5) is 35.3. The quantitative estimate of drug-likeness (QED) is 0.790. The third-order valence-corrected chi connectivity index (χ3v) is 4.11. The number of carbonyl (C=O) groups excluding carboxylic acids is 3. The molecule has 9 heteroatoms. The number of hydrogen-bond donors (Lipinski definition) is 2. The highest BCUT2D eigenvalue weighted by atomic mass is 35.5. The Labute approximate surface area is 145 Å². The largest absolute Gasteiger partial charge is 0.449 e. The lowest BCUT2D eigenvalue weighted by Crippen LogP contribution is -2.30. The SMILES string of the molecule is C[C@H](OC(=O)c1ccc(F)cc1Cl)C(=O)Nc1sccc1C(N)=O. The highest BCUT2D eigenvalue weighted by Gasteiger charge is 2.22. The highest BCUT2D eigenvalue weighted by Crippen LogP contribution is 2.23. The van der Waals surface area contributed by atoms with E-state index in [1.807, 2.05) is 0 Å². The van der Waals surface area contributed by atoms with Crippen molar-refractivity contribution in [3.63, 3.8) is 0 Å². The van der Waals surface area contributed by atoms with Crippen LogP contribution in [0.2, 0.25) is 5.02 Å². The molecule has 0 unspecified atom stereocenters. The van der Waals surface area contributed by atoms with Crippen LogP contribution in [0.1, 0.15) is 27.6 Å². The van der Waals surface area contributed by atoms with Crippen molar-refractivity contribution in [3.8, 4) is 0 Å². The van der Waals surface area contributed by atoms with Crippen molar-refractivity contribution in [3.05, 3.63) is 51.6 Å². The molecule has 0 saturated heterocycles. The van der Waals surface area contributed by atoms with Gasteiger partial charge in [0.2, 0.25) is 0 Å². The van der Waals surface area contributed by atoms with Gasteiger partial charge in [-0.2, -0.15) is 0 Å². The topological polar surface area (TPSA) is 98.5 Å². The standard InChI is InChI=1S/C15H12ClFN2O4S/c1-7(13(21)19-14-10(12(18)20)4-5-24-14)23-15(22)9-3-2-8(17)6-11(9)16/h2-7H,1H3,(H2,18,20)(H,19,21)/t7-/m0/s1. The van der Waals surface area contributed by atoms with Gasteiger partial charge in [-0.1, -0.05) is 11.6 Å².